The Labute approximate surface area is 212 Å². The smallest absolute Gasteiger partial charge is 0.254 e. The molecule has 5 rings (SSSR count). The zero-order chi connectivity index (χ0) is 24.7. The maximum Gasteiger partial charge on any atom is 0.254 e. The number of pyridine rings is 1. The molecule has 1 amide bonds. The third kappa shape index (κ3) is 5.47. The lowest BCUT2D eigenvalue weighted by atomic mass is 10.0. The van der Waals surface area contributed by atoms with Crippen molar-refractivity contribution in [1.82, 2.24) is 14.8 Å². The highest BCUT2D eigenvalue weighted by molar-refractivity contribution is 6.07. The highest BCUT2D eigenvalue weighted by Gasteiger charge is 2.24. The van der Waals surface area contributed by atoms with Crippen LogP contribution < -0.4 is 4.74 Å². The van der Waals surface area contributed by atoms with E-state index < -0.39 is 0 Å². The largest absolute Gasteiger partial charge is 0.494 e. The summed E-state index contributed by atoms with van der Waals surface area (Å²) in [5.74, 6) is 0.898. The van der Waals surface area contributed by atoms with E-state index in [0.717, 1.165) is 47.5 Å². The molecule has 1 aliphatic heterocycles. The van der Waals surface area contributed by atoms with Gasteiger partial charge in [-0.05, 0) is 48.9 Å². The molecule has 5 nitrogen and oxygen atoms in total. The number of ether oxygens (including phenoxy) is 1. The second-order valence-electron chi connectivity index (χ2n) is 8.94. The Bertz CT molecular complexity index is 1340. The van der Waals surface area contributed by atoms with Gasteiger partial charge in [0.05, 0.1) is 23.4 Å². The van der Waals surface area contributed by atoms with Crippen molar-refractivity contribution in [3.8, 4) is 17.0 Å². The van der Waals surface area contributed by atoms with Crippen LogP contribution in [0.4, 0.5) is 0 Å². The number of para-hydroxylation sites is 1. The Kier molecular flexibility index (Phi) is 7.39. The van der Waals surface area contributed by atoms with Crippen molar-refractivity contribution in [2.24, 2.45) is 0 Å². The summed E-state index contributed by atoms with van der Waals surface area (Å²) in [7, 11) is 0. The molecule has 3 aromatic carbocycles. The number of amides is 1. The summed E-state index contributed by atoms with van der Waals surface area (Å²) in [6.45, 7) is 6.64. The van der Waals surface area contributed by atoms with E-state index in [0.29, 0.717) is 25.3 Å². The van der Waals surface area contributed by atoms with E-state index in [2.05, 4.69) is 29.2 Å². The fourth-order valence-electron chi connectivity index (χ4n) is 4.59. The Hall–Kier alpha value is -3.96. The highest BCUT2D eigenvalue weighted by Crippen LogP contribution is 2.27. The van der Waals surface area contributed by atoms with E-state index in [1.165, 1.54) is 5.56 Å². The first-order valence-electron chi connectivity index (χ1n) is 12.6. The summed E-state index contributed by atoms with van der Waals surface area (Å²) in [5.41, 5.74) is 4.51. The van der Waals surface area contributed by atoms with Gasteiger partial charge < -0.3 is 9.64 Å². The predicted octanol–water partition coefficient (Wildman–Crippen LogP) is 5.77. The predicted molar refractivity (Wildman–Crippen MR) is 146 cm³/mol. The molecule has 0 atom stereocenters. The van der Waals surface area contributed by atoms with Crippen LogP contribution in [-0.2, 0) is 0 Å². The molecule has 0 radical (unpaired) electrons. The minimum Gasteiger partial charge on any atom is -0.494 e. The van der Waals surface area contributed by atoms with Crippen LogP contribution in [0.1, 0.15) is 22.8 Å². The van der Waals surface area contributed by atoms with Crippen LogP contribution >= 0.6 is 0 Å². The molecule has 1 saturated heterocycles. The third-order valence-corrected chi connectivity index (χ3v) is 6.54. The van der Waals surface area contributed by atoms with Crippen molar-refractivity contribution in [2.45, 2.75) is 6.92 Å². The van der Waals surface area contributed by atoms with Gasteiger partial charge in [0, 0.05) is 43.7 Å². The second kappa shape index (κ2) is 11.2. The summed E-state index contributed by atoms with van der Waals surface area (Å²) >= 11 is 0. The topological polar surface area (TPSA) is 45.7 Å². The number of piperazine rings is 1. The van der Waals surface area contributed by atoms with Crippen LogP contribution in [0.5, 0.6) is 5.75 Å². The van der Waals surface area contributed by atoms with Crippen LogP contribution in [0.15, 0.2) is 91.0 Å². The second-order valence-corrected chi connectivity index (χ2v) is 8.94. The van der Waals surface area contributed by atoms with E-state index in [1.807, 2.05) is 84.6 Å². The summed E-state index contributed by atoms with van der Waals surface area (Å²) < 4.78 is 5.57. The van der Waals surface area contributed by atoms with E-state index in [-0.39, 0.29) is 5.91 Å². The first-order chi connectivity index (χ1) is 17.7. The summed E-state index contributed by atoms with van der Waals surface area (Å²) in [6, 6.07) is 28.1. The zero-order valence-corrected chi connectivity index (χ0v) is 20.6. The monoisotopic (exact) mass is 477 g/mol. The first-order valence-corrected chi connectivity index (χ1v) is 12.6. The number of hydrogen-bond donors (Lipinski definition) is 0. The van der Waals surface area contributed by atoms with Gasteiger partial charge in [-0.1, -0.05) is 60.7 Å². The van der Waals surface area contributed by atoms with Gasteiger partial charge in [-0.15, -0.1) is 0 Å². The van der Waals surface area contributed by atoms with Crippen molar-refractivity contribution in [3.05, 3.63) is 102 Å². The highest BCUT2D eigenvalue weighted by atomic mass is 16.5. The SMILES string of the molecule is CCOc1ccc(-c2cc(C(=O)N3CCN(CC=Cc4ccccc4)CC3)c3ccccc3n2)cc1. The number of hydrogen-bond acceptors (Lipinski definition) is 4. The van der Waals surface area contributed by atoms with Crippen molar-refractivity contribution in [3.63, 3.8) is 0 Å². The van der Waals surface area contributed by atoms with Gasteiger partial charge in [-0.25, -0.2) is 4.98 Å². The molecule has 0 aliphatic carbocycles. The summed E-state index contributed by atoms with van der Waals surface area (Å²) in [4.78, 5) is 22.9. The lowest BCUT2D eigenvalue weighted by Gasteiger charge is -2.34. The molecule has 4 aromatic rings. The van der Waals surface area contributed by atoms with Crippen LogP contribution in [0.25, 0.3) is 28.2 Å². The van der Waals surface area contributed by atoms with Gasteiger partial charge in [0.25, 0.3) is 5.91 Å². The fourth-order valence-corrected chi connectivity index (χ4v) is 4.59. The van der Waals surface area contributed by atoms with E-state index in [4.69, 9.17) is 9.72 Å². The van der Waals surface area contributed by atoms with Gasteiger partial charge in [0.2, 0.25) is 0 Å². The molecule has 36 heavy (non-hydrogen) atoms. The Balaban J connectivity index is 1.31. The summed E-state index contributed by atoms with van der Waals surface area (Å²) in [6.07, 6.45) is 4.36. The maximum atomic E-state index is 13.7. The maximum absolute atomic E-state index is 13.7. The fraction of sp³-hybridized carbons (Fsp3) is 0.226. The molecule has 2 heterocycles. The Morgan fingerprint density at radius 1 is 0.917 bits per heavy atom. The van der Waals surface area contributed by atoms with Crippen molar-refractivity contribution >= 4 is 22.9 Å². The molecule has 0 unspecified atom stereocenters. The van der Waals surface area contributed by atoms with Gasteiger partial charge in [0.1, 0.15) is 5.75 Å². The molecular formula is C31H31N3O2. The first kappa shape index (κ1) is 23.8. The molecule has 1 aromatic heterocycles. The van der Waals surface area contributed by atoms with Crippen molar-refractivity contribution in [1.29, 1.82) is 0 Å². The molecule has 0 N–H and O–H groups in total. The van der Waals surface area contributed by atoms with Crippen LogP contribution in [-0.4, -0.2) is 60.0 Å². The lowest BCUT2D eigenvalue weighted by Crippen LogP contribution is -2.48. The zero-order valence-electron chi connectivity index (χ0n) is 20.6. The van der Waals surface area contributed by atoms with Crippen molar-refractivity contribution in [2.75, 3.05) is 39.3 Å². The average molecular weight is 478 g/mol. The normalized spacial score (nSPS) is 14.4. The Morgan fingerprint density at radius 3 is 2.39 bits per heavy atom. The molecule has 182 valence electrons. The molecular weight excluding hydrogens is 446 g/mol. The Morgan fingerprint density at radius 2 is 1.64 bits per heavy atom. The molecule has 1 aliphatic rings. The van der Waals surface area contributed by atoms with E-state index in [1.54, 1.807) is 0 Å². The number of rotatable bonds is 7. The van der Waals surface area contributed by atoms with E-state index >= 15 is 0 Å². The van der Waals surface area contributed by atoms with Crippen molar-refractivity contribution < 1.29 is 9.53 Å². The molecule has 1 fully saturated rings. The number of benzene rings is 3. The minimum atomic E-state index is 0.0697. The van der Waals surface area contributed by atoms with Gasteiger partial charge in [0.15, 0.2) is 0 Å². The quantitative estimate of drug-likeness (QED) is 0.339. The standard InChI is InChI=1S/C31H31N3O2/c1-2-36-26-16-14-25(15-17-26)30-23-28(27-12-6-7-13-29(27)32-30)31(35)34-21-19-33(20-22-34)18-8-11-24-9-4-3-5-10-24/h3-17,23H,2,18-22H2,1H3. The number of carbonyl (C=O) groups is 1. The molecule has 5 heteroatoms. The molecule has 0 saturated carbocycles. The van der Waals surface area contributed by atoms with Crippen LogP contribution in [0.2, 0.25) is 0 Å². The van der Waals surface area contributed by atoms with Crippen LogP contribution in [0, 0.1) is 0 Å². The van der Waals surface area contributed by atoms with Gasteiger partial charge >= 0.3 is 0 Å². The number of aromatic nitrogens is 1. The third-order valence-electron chi connectivity index (χ3n) is 6.54. The molecule has 0 bridgehead atoms. The van der Waals surface area contributed by atoms with Gasteiger partial charge in [-0.3, -0.25) is 9.69 Å². The number of carbonyl (C=O) groups excluding carboxylic acids is 1. The lowest BCUT2D eigenvalue weighted by molar-refractivity contribution is 0.0652. The summed E-state index contributed by atoms with van der Waals surface area (Å²) in [5, 5.41) is 0.894. The average Bonchev–Trinajstić information content (AvgIpc) is 2.94. The number of fused-ring (bicyclic) bond motifs is 1. The number of nitrogens with zero attached hydrogens (tertiary/aromatic N) is 3. The minimum absolute atomic E-state index is 0.0697. The van der Waals surface area contributed by atoms with E-state index in [9.17, 15) is 4.79 Å². The van der Waals surface area contributed by atoms with Gasteiger partial charge in [-0.2, -0.15) is 0 Å². The molecule has 0 spiro atoms. The van der Waals surface area contributed by atoms with Crippen LogP contribution in [0.3, 0.4) is 0 Å².